The lowest BCUT2D eigenvalue weighted by Gasteiger charge is -2.54. The fourth-order valence-corrected chi connectivity index (χ4v) is 4.55. The molecule has 122 valence electrons. The average Bonchev–Trinajstić information content (AvgIpc) is 3.00. The fourth-order valence-electron chi connectivity index (χ4n) is 3.86. The third-order valence-corrected chi connectivity index (χ3v) is 6.02. The normalized spacial score (nSPS) is 27.2. The zero-order valence-electron chi connectivity index (χ0n) is 13.7. The molecular weight excluding hydrogens is 296 g/mol. The first-order chi connectivity index (χ1) is 10.6. The van der Waals surface area contributed by atoms with Crippen molar-refractivity contribution in [2.45, 2.75) is 44.9 Å². The number of methoxy groups -OCH3 is 1. The van der Waals surface area contributed by atoms with Crippen LogP contribution in [0.25, 0.3) is 0 Å². The monoisotopic (exact) mass is 322 g/mol. The molecule has 1 amide bonds. The molecule has 0 bridgehead atoms. The number of thiophene rings is 1. The number of nitrogens with zero attached hydrogens (tertiary/aromatic N) is 2. The lowest BCUT2D eigenvalue weighted by molar-refractivity contribution is -0.128. The van der Waals surface area contributed by atoms with Crippen LogP contribution in [-0.2, 0) is 4.74 Å². The summed E-state index contributed by atoms with van der Waals surface area (Å²) in [5.74, 6) is 0.847. The van der Waals surface area contributed by atoms with Gasteiger partial charge in [-0.05, 0) is 44.1 Å². The molecule has 2 fully saturated rings. The van der Waals surface area contributed by atoms with Crippen molar-refractivity contribution in [3.8, 4) is 0 Å². The molecule has 5 heteroatoms. The zero-order chi connectivity index (χ0) is 15.7. The van der Waals surface area contributed by atoms with E-state index < -0.39 is 0 Å². The molecule has 2 atom stereocenters. The molecule has 2 saturated heterocycles. The Labute approximate surface area is 137 Å². The third kappa shape index (κ3) is 2.94. The molecule has 1 aromatic heterocycles. The van der Waals surface area contributed by atoms with E-state index in [2.05, 4.69) is 18.7 Å². The van der Waals surface area contributed by atoms with Crippen LogP contribution in [-0.4, -0.2) is 60.6 Å². The largest absolute Gasteiger partial charge is 0.378 e. The van der Waals surface area contributed by atoms with E-state index in [1.165, 1.54) is 11.3 Å². The summed E-state index contributed by atoms with van der Waals surface area (Å²) in [5.41, 5.74) is 0. The molecule has 0 saturated carbocycles. The number of rotatable bonds is 4. The molecule has 4 nitrogen and oxygen atoms in total. The van der Waals surface area contributed by atoms with Gasteiger partial charge in [0.25, 0.3) is 5.91 Å². The minimum atomic E-state index is 0.200. The Morgan fingerprint density at radius 2 is 2.09 bits per heavy atom. The van der Waals surface area contributed by atoms with Gasteiger partial charge in [0, 0.05) is 38.8 Å². The quantitative estimate of drug-likeness (QED) is 0.854. The van der Waals surface area contributed by atoms with Gasteiger partial charge in [0.15, 0.2) is 0 Å². The minimum Gasteiger partial charge on any atom is -0.378 e. The number of ether oxygens (including phenoxy) is 1. The Balaban J connectivity index is 1.58. The first-order valence-corrected chi connectivity index (χ1v) is 9.11. The zero-order valence-corrected chi connectivity index (χ0v) is 14.5. The maximum Gasteiger partial charge on any atom is 0.263 e. The van der Waals surface area contributed by atoms with E-state index in [4.69, 9.17) is 4.74 Å². The maximum atomic E-state index is 12.4. The van der Waals surface area contributed by atoms with Gasteiger partial charge in [-0.15, -0.1) is 11.3 Å². The van der Waals surface area contributed by atoms with Crippen LogP contribution in [0.1, 0.15) is 36.4 Å². The van der Waals surface area contributed by atoms with E-state index in [0.717, 1.165) is 37.4 Å². The number of amides is 1. The molecule has 3 heterocycles. The minimum absolute atomic E-state index is 0.200. The van der Waals surface area contributed by atoms with Crippen LogP contribution in [0, 0.1) is 5.92 Å². The Morgan fingerprint density at radius 3 is 2.64 bits per heavy atom. The number of piperidine rings is 1. The molecule has 0 unspecified atom stereocenters. The molecule has 2 aliphatic heterocycles. The fraction of sp³-hybridized carbons (Fsp3) is 0.706. The Hall–Kier alpha value is -0.910. The highest BCUT2D eigenvalue weighted by atomic mass is 32.1. The van der Waals surface area contributed by atoms with Crippen LogP contribution in [0.15, 0.2) is 17.5 Å². The molecule has 1 aromatic rings. The summed E-state index contributed by atoms with van der Waals surface area (Å²) in [7, 11) is 1.82. The molecule has 22 heavy (non-hydrogen) atoms. The van der Waals surface area contributed by atoms with E-state index in [0.29, 0.717) is 24.1 Å². The summed E-state index contributed by atoms with van der Waals surface area (Å²) < 4.78 is 5.65. The SMILES string of the molecule is CO[C@H]1CN(C(C)C)[C@H]1C1CCN(C(=O)c2cccs2)CC1. The summed E-state index contributed by atoms with van der Waals surface area (Å²) in [6.07, 6.45) is 2.54. The van der Waals surface area contributed by atoms with Crippen molar-refractivity contribution in [1.29, 1.82) is 0 Å². The van der Waals surface area contributed by atoms with Crippen molar-refractivity contribution < 1.29 is 9.53 Å². The average molecular weight is 322 g/mol. The first kappa shape index (κ1) is 16.0. The molecule has 0 aromatic carbocycles. The van der Waals surface area contributed by atoms with E-state index >= 15 is 0 Å². The van der Waals surface area contributed by atoms with Crippen LogP contribution in [0.3, 0.4) is 0 Å². The van der Waals surface area contributed by atoms with Crippen LogP contribution >= 0.6 is 11.3 Å². The summed E-state index contributed by atoms with van der Waals surface area (Å²) >= 11 is 1.54. The highest BCUT2D eigenvalue weighted by molar-refractivity contribution is 7.12. The van der Waals surface area contributed by atoms with E-state index in [1.807, 2.05) is 29.5 Å². The second-order valence-electron chi connectivity index (χ2n) is 6.66. The molecule has 2 aliphatic rings. The molecule has 0 aliphatic carbocycles. The third-order valence-electron chi connectivity index (χ3n) is 5.16. The van der Waals surface area contributed by atoms with E-state index in [-0.39, 0.29) is 5.91 Å². The maximum absolute atomic E-state index is 12.4. The van der Waals surface area contributed by atoms with Gasteiger partial charge in [-0.2, -0.15) is 0 Å². The lowest BCUT2D eigenvalue weighted by atomic mass is 9.79. The smallest absolute Gasteiger partial charge is 0.263 e. The van der Waals surface area contributed by atoms with Gasteiger partial charge < -0.3 is 9.64 Å². The van der Waals surface area contributed by atoms with Crippen molar-refractivity contribution in [2.75, 3.05) is 26.7 Å². The summed E-state index contributed by atoms with van der Waals surface area (Å²) in [5, 5.41) is 1.97. The second-order valence-corrected chi connectivity index (χ2v) is 7.61. The summed E-state index contributed by atoms with van der Waals surface area (Å²) in [6, 6.07) is 4.97. The van der Waals surface area contributed by atoms with Crippen LogP contribution < -0.4 is 0 Å². The second kappa shape index (κ2) is 6.69. The number of carbonyl (C=O) groups is 1. The molecule has 3 rings (SSSR count). The summed E-state index contributed by atoms with van der Waals surface area (Å²) in [6.45, 7) is 7.32. The van der Waals surface area contributed by atoms with E-state index in [9.17, 15) is 4.79 Å². The van der Waals surface area contributed by atoms with Gasteiger partial charge in [-0.25, -0.2) is 0 Å². The molecule has 0 spiro atoms. The van der Waals surface area contributed by atoms with Crippen LogP contribution in [0.5, 0.6) is 0 Å². The van der Waals surface area contributed by atoms with Crippen molar-refractivity contribution in [2.24, 2.45) is 5.92 Å². The number of carbonyl (C=O) groups excluding carboxylic acids is 1. The first-order valence-electron chi connectivity index (χ1n) is 8.23. The van der Waals surface area contributed by atoms with Gasteiger partial charge in [-0.1, -0.05) is 6.07 Å². The Morgan fingerprint density at radius 1 is 1.36 bits per heavy atom. The predicted octanol–water partition coefficient (Wildman–Crippen LogP) is 2.71. The van der Waals surface area contributed by atoms with Crippen molar-refractivity contribution in [3.05, 3.63) is 22.4 Å². The van der Waals surface area contributed by atoms with Gasteiger partial charge in [-0.3, -0.25) is 9.69 Å². The van der Waals surface area contributed by atoms with Crippen LogP contribution in [0.2, 0.25) is 0 Å². The standard InChI is InChI=1S/C17H26N2O2S/c1-12(2)19-11-14(21-3)16(19)13-6-8-18(9-7-13)17(20)15-5-4-10-22-15/h4-5,10,12-14,16H,6-9,11H2,1-3H3/t14-,16-/m0/s1. The number of hydrogen-bond acceptors (Lipinski definition) is 4. The highest BCUT2D eigenvalue weighted by Crippen LogP contribution is 2.35. The van der Waals surface area contributed by atoms with Gasteiger partial charge in [0.05, 0.1) is 11.0 Å². The number of likely N-dealkylation sites (tertiary alicyclic amines) is 2. The lowest BCUT2D eigenvalue weighted by Crippen LogP contribution is -2.66. The molecular formula is C17H26N2O2S. The van der Waals surface area contributed by atoms with Crippen molar-refractivity contribution in [3.63, 3.8) is 0 Å². The Bertz CT molecular complexity index is 495. The topological polar surface area (TPSA) is 32.8 Å². The van der Waals surface area contributed by atoms with Crippen LogP contribution in [0.4, 0.5) is 0 Å². The van der Waals surface area contributed by atoms with E-state index in [1.54, 1.807) is 0 Å². The van der Waals surface area contributed by atoms with Gasteiger partial charge in [0.2, 0.25) is 0 Å². The predicted molar refractivity (Wildman–Crippen MR) is 89.4 cm³/mol. The molecule has 0 N–H and O–H groups in total. The van der Waals surface area contributed by atoms with Crippen molar-refractivity contribution in [1.82, 2.24) is 9.80 Å². The molecule has 0 radical (unpaired) electrons. The van der Waals surface area contributed by atoms with Gasteiger partial charge >= 0.3 is 0 Å². The van der Waals surface area contributed by atoms with Crippen molar-refractivity contribution >= 4 is 17.2 Å². The summed E-state index contributed by atoms with van der Waals surface area (Å²) in [4.78, 5) is 17.8. The Kier molecular flexibility index (Phi) is 4.85. The number of hydrogen-bond donors (Lipinski definition) is 0. The highest BCUT2D eigenvalue weighted by Gasteiger charge is 2.45. The van der Waals surface area contributed by atoms with Gasteiger partial charge in [0.1, 0.15) is 0 Å².